The number of carbonyl (C=O) groups excluding carboxylic acids is 3. The molecule has 2 aromatic rings. The number of likely N-dealkylation sites (tertiary alicyclic amines) is 1. The zero-order valence-electron chi connectivity index (χ0n) is 32.2. The number of nitrogen functional groups attached to an aromatic ring is 1. The van der Waals surface area contributed by atoms with Crippen LogP contribution in [-0.2, 0) is 9.47 Å². The Morgan fingerprint density at radius 3 is 2.31 bits per heavy atom. The number of benzene rings is 2. The van der Waals surface area contributed by atoms with Crippen molar-refractivity contribution in [2.45, 2.75) is 69.0 Å². The molecule has 4 heterocycles. The maximum Gasteiger partial charge on any atom is 0.412 e. The van der Waals surface area contributed by atoms with Crippen LogP contribution in [0.5, 0.6) is 23.0 Å². The summed E-state index contributed by atoms with van der Waals surface area (Å²) in [5.41, 5.74) is 10.2. The minimum absolute atomic E-state index is 0.0318. The molecule has 0 radical (unpaired) electrons. The van der Waals surface area contributed by atoms with Crippen LogP contribution in [0.2, 0.25) is 0 Å². The van der Waals surface area contributed by atoms with Crippen LogP contribution in [0.4, 0.5) is 16.2 Å². The number of nitrogens with two attached hydrogens (primary N) is 1. The van der Waals surface area contributed by atoms with Gasteiger partial charge in [0.25, 0.3) is 11.8 Å². The molecule has 3 N–H and O–H groups in total. The summed E-state index contributed by atoms with van der Waals surface area (Å²) in [6, 6.07) is 6.41. The van der Waals surface area contributed by atoms with Gasteiger partial charge in [-0.05, 0) is 58.1 Å². The Kier molecular flexibility index (Phi) is 12.3. The summed E-state index contributed by atoms with van der Waals surface area (Å²) < 4.78 is 34.4. The molecule has 0 aromatic heterocycles. The SMILES string of the molecule is C=C1C[C@H]2CNc3cc(OCCCCCOc4cc(N)c(C(=O)N5CC(=C)C[C@H]5C5OCCN5C(=O)OCC(C)(C)S)cc4OC)c(OC)cc3C(=O)N2C1. The number of rotatable bonds is 14. The van der Waals surface area contributed by atoms with Crippen molar-refractivity contribution < 1.29 is 42.8 Å². The van der Waals surface area contributed by atoms with Gasteiger partial charge in [0, 0.05) is 42.2 Å². The van der Waals surface area contributed by atoms with Crippen molar-refractivity contribution in [2.24, 2.45) is 0 Å². The van der Waals surface area contributed by atoms with Crippen molar-refractivity contribution in [1.82, 2.24) is 14.7 Å². The molecule has 3 amide bonds. The summed E-state index contributed by atoms with van der Waals surface area (Å²) in [6.07, 6.45) is 2.37. The van der Waals surface area contributed by atoms with Gasteiger partial charge in [0.15, 0.2) is 29.2 Å². The Morgan fingerprint density at radius 1 is 0.945 bits per heavy atom. The third-order valence-corrected chi connectivity index (χ3v) is 10.3. The standard InChI is InChI=1S/C40H53N5O9S/c1-24-14-26-20-42-30-19-35(33(50-6)17-28(30)37(47)44(26)21-24)52-12-9-7-8-11-51-34-18-29(41)27(16-32(34)49-5)36(46)45-22-25(2)15-31(45)38-43(10-13-53-38)39(48)54-23-40(3,4)55/h16-19,26,31,38,42,55H,1-2,7-15,20-23,41H2,3-6H3/t26-,31-,38?/m0/s1. The van der Waals surface area contributed by atoms with Gasteiger partial charge in [0.2, 0.25) is 0 Å². The molecular weight excluding hydrogens is 727 g/mol. The van der Waals surface area contributed by atoms with Crippen LogP contribution in [0.3, 0.4) is 0 Å². The van der Waals surface area contributed by atoms with Gasteiger partial charge >= 0.3 is 6.09 Å². The van der Waals surface area contributed by atoms with E-state index in [2.05, 4.69) is 31.1 Å². The van der Waals surface area contributed by atoms with E-state index in [1.54, 1.807) is 30.2 Å². The summed E-state index contributed by atoms with van der Waals surface area (Å²) in [5.74, 6) is 1.53. The number of nitrogens with one attached hydrogen (secondary N) is 1. The van der Waals surface area contributed by atoms with E-state index in [1.807, 2.05) is 24.8 Å². The number of methoxy groups -OCH3 is 2. The van der Waals surface area contributed by atoms with Gasteiger partial charge in [0.1, 0.15) is 6.61 Å². The maximum atomic E-state index is 14.0. The smallest absolute Gasteiger partial charge is 0.412 e. The van der Waals surface area contributed by atoms with Crippen molar-refractivity contribution in [3.63, 3.8) is 0 Å². The number of hydrogen-bond acceptors (Lipinski definition) is 12. The van der Waals surface area contributed by atoms with Crippen LogP contribution < -0.4 is 30.0 Å². The van der Waals surface area contributed by atoms with Crippen LogP contribution in [0, 0.1) is 0 Å². The predicted octanol–water partition coefficient (Wildman–Crippen LogP) is 5.38. The number of amides is 3. The minimum atomic E-state index is -0.693. The summed E-state index contributed by atoms with van der Waals surface area (Å²) in [5, 5.41) is 3.41. The van der Waals surface area contributed by atoms with Gasteiger partial charge in [0.05, 0.1) is 69.5 Å². The third-order valence-electron chi connectivity index (χ3n) is 10.1. The Balaban J connectivity index is 1.01. The molecule has 55 heavy (non-hydrogen) atoms. The normalized spacial score (nSPS) is 20.9. The molecule has 0 spiro atoms. The minimum Gasteiger partial charge on any atom is -0.493 e. The summed E-state index contributed by atoms with van der Waals surface area (Å²) in [7, 11) is 3.07. The molecule has 15 heteroatoms. The highest BCUT2D eigenvalue weighted by Gasteiger charge is 2.45. The number of nitrogens with zero attached hydrogens (tertiary/aromatic N) is 3. The van der Waals surface area contributed by atoms with Crippen molar-refractivity contribution >= 4 is 41.9 Å². The average Bonchev–Trinajstić information content (AvgIpc) is 3.88. The topological polar surface area (TPSA) is 154 Å². The Bertz CT molecular complexity index is 1810. The van der Waals surface area contributed by atoms with Crippen LogP contribution in [-0.4, -0.2) is 122 Å². The second-order valence-corrected chi connectivity index (χ2v) is 16.3. The van der Waals surface area contributed by atoms with E-state index in [4.69, 9.17) is 34.2 Å². The second kappa shape index (κ2) is 16.9. The molecule has 3 saturated heterocycles. The highest BCUT2D eigenvalue weighted by Crippen LogP contribution is 2.39. The van der Waals surface area contributed by atoms with Crippen molar-refractivity contribution in [3.8, 4) is 23.0 Å². The summed E-state index contributed by atoms with van der Waals surface area (Å²) in [6.45, 7) is 15.1. The molecule has 0 saturated carbocycles. The molecule has 4 aliphatic heterocycles. The maximum absolute atomic E-state index is 14.0. The molecule has 2 aromatic carbocycles. The monoisotopic (exact) mass is 779 g/mol. The zero-order chi connectivity index (χ0) is 39.4. The van der Waals surface area contributed by atoms with Crippen molar-refractivity contribution in [2.75, 3.05) is 77.9 Å². The van der Waals surface area contributed by atoms with Gasteiger partial charge in [-0.25, -0.2) is 4.79 Å². The number of fused-ring (bicyclic) bond motifs is 2. The fraction of sp³-hybridized carbons (Fsp3) is 0.525. The van der Waals surface area contributed by atoms with Gasteiger partial charge in [-0.1, -0.05) is 24.3 Å². The molecule has 3 atom stereocenters. The average molecular weight is 780 g/mol. The van der Waals surface area contributed by atoms with E-state index < -0.39 is 23.1 Å². The molecular formula is C40H53N5O9S. The number of carbonyl (C=O) groups is 3. The number of anilines is 2. The number of hydrogen-bond donors (Lipinski definition) is 3. The molecule has 0 bridgehead atoms. The lowest BCUT2D eigenvalue weighted by atomic mass is 10.1. The van der Waals surface area contributed by atoms with E-state index in [1.165, 1.54) is 12.0 Å². The molecule has 1 unspecified atom stereocenters. The van der Waals surface area contributed by atoms with Crippen LogP contribution in [0.15, 0.2) is 48.6 Å². The van der Waals surface area contributed by atoms with E-state index in [9.17, 15) is 14.4 Å². The molecule has 0 aliphatic carbocycles. The first-order valence-electron chi connectivity index (χ1n) is 18.7. The first-order valence-corrected chi connectivity index (χ1v) is 19.1. The van der Waals surface area contributed by atoms with Gasteiger partial charge in [-0.2, -0.15) is 12.6 Å². The van der Waals surface area contributed by atoms with E-state index in [0.717, 1.165) is 42.5 Å². The van der Waals surface area contributed by atoms with E-state index in [-0.39, 0.29) is 35.7 Å². The van der Waals surface area contributed by atoms with Crippen molar-refractivity contribution in [3.05, 3.63) is 59.7 Å². The summed E-state index contributed by atoms with van der Waals surface area (Å²) >= 11 is 4.44. The van der Waals surface area contributed by atoms with E-state index >= 15 is 0 Å². The lowest BCUT2D eigenvalue weighted by Gasteiger charge is -2.33. The number of ether oxygens (including phenoxy) is 6. The van der Waals surface area contributed by atoms with Crippen LogP contribution in [0.1, 0.15) is 66.7 Å². The first kappa shape index (κ1) is 39.9. The quantitative estimate of drug-likeness (QED) is 0.0980. The fourth-order valence-corrected chi connectivity index (χ4v) is 7.46. The molecule has 3 fully saturated rings. The van der Waals surface area contributed by atoms with E-state index in [0.29, 0.717) is 81.0 Å². The lowest BCUT2D eigenvalue weighted by Crippen LogP contribution is -2.51. The predicted molar refractivity (Wildman–Crippen MR) is 212 cm³/mol. The second-order valence-electron chi connectivity index (χ2n) is 15.1. The molecule has 298 valence electrons. The fourth-order valence-electron chi connectivity index (χ4n) is 7.40. The van der Waals surface area contributed by atoms with Gasteiger partial charge in [-0.15, -0.1) is 0 Å². The number of unbranched alkanes of at least 4 members (excludes halogenated alkanes) is 2. The molecule has 4 aliphatic rings. The summed E-state index contributed by atoms with van der Waals surface area (Å²) in [4.78, 5) is 45.3. The third kappa shape index (κ3) is 9.04. The Morgan fingerprint density at radius 2 is 1.62 bits per heavy atom. The number of thiol groups is 1. The van der Waals surface area contributed by atoms with Crippen LogP contribution in [0.25, 0.3) is 0 Å². The van der Waals surface area contributed by atoms with Crippen molar-refractivity contribution in [1.29, 1.82) is 0 Å². The highest BCUT2D eigenvalue weighted by molar-refractivity contribution is 7.81. The van der Waals surface area contributed by atoms with Gasteiger partial charge in [-0.3, -0.25) is 14.5 Å². The first-order chi connectivity index (χ1) is 26.3. The lowest BCUT2D eigenvalue weighted by molar-refractivity contribution is -0.0214. The van der Waals surface area contributed by atoms with Gasteiger partial charge < -0.3 is 49.3 Å². The molecule has 6 rings (SSSR count). The Hall–Kier alpha value is -4.76. The molecule has 14 nitrogen and oxygen atoms in total. The highest BCUT2D eigenvalue weighted by atomic mass is 32.1. The zero-order valence-corrected chi connectivity index (χ0v) is 33.1. The largest absolute Gasteiger partial charge is 0.493 e. The van der Waals surface area contributed by atoms with Crippen LogP contribution >= 0.6 is 12.6 Å². The Labute approximate surface area is 328 Å².